The van der Waals surface area contributed by atoms with E-state index in [-0.39, 0.29) is 16.1 Å². The van der Waals surface area contributed by atoms with Crippen molar-refractivity contribution in [1.82, 2.24) is 4.72 Å². The third-order valence-corrected chi connectivity index (χ3v) is 4.81. The van der Waals surface area contributed by atoms with Crippen LogP contribution in [0, 0.1) is 11.6 Å². The molecule has 2 rings (SSSR count). The number of amides is 1. The molecule has 0 heterocycles. The lowest BCUT2D eigenvalue weighted by atomic mass is 10.2. The van der Waals surface area contributed by atoms with Crippen molar-refractivity contribution in [1.29, 1.82) is 0 Å². The Morgan fingerprint density at radius 1 is 1.08 bits per heavy atom. The number of carbonyl (C=O) groups excluding carboxylic acids is 1. The van der Waals surface area contributed by atoms with Crippen LogP contribution in [0.1, 0.15) is 30.1 Å². The van der Waals surface area contributed by atoms with E-state index >= 15 is 0 Å². The zero-order valence-corrected chi connectivity index (χ0v) is 14.4. The van der Waals surface area contributed by atoms with Crippen molar-refractivity contribution in [2.24, 2.45) is 0 Å². The highest BCUT2D eigenvalue weighted by Crippen LogP contribution is 2.16. The Balaban J connectivity index is 2.18. The summed E-state index contributed by atoms with van der Waals surface area (Å²) in [5.74, 6) is -2.32. The largest absolute Gasteiger partial charge is 0.322 e. The minimum absolute atomic E-state index is 0.0540. The van der Waals surface area contributed by atoms with Gasteiger partial charge in [0.1, 0.15) is 11.6 Å². The van der Waals surface area contributed by atoms with Crippen molar-refractivity contribution in [3.05, 3.63) is 59.7 Å². The molecule has 8 heteroatoms. The molecular weight excluding hydrogens is 350 g/mol. The van der Waals surface area contributed by atoms with Crippen LogP contribution in [0.15, 0.2) is 47.4 Å². The van der Waals surface area contributed by atoms with E-state index < -0.39 is 27.6 Å². The molecule has 0 saturated carbocycles. The van der Waals surface area contributed by atoms with Gasteiger partial charge in [-0.1, -0.05) is 19.4 Å². The minimum Gasteiger partial charge on any atom is -0.322 e. The first-order valence-electron chi connectivity index (χ1n) is 7.69. The van der Waals surface area contributed by atoms with Gasteiger partial charge in [-0.25, -0.2) is 21.9 Å². The first kappa shape index (κ1) is 19.0. The molecule has 2 aromatic carbocycles. The highest BCUT2D eigenvalue weighted by Gasteiger charge is 2.16. The number of halogens is 2. The quantitative estimate of drug-likeness (QED) is 0.737. The predicted octanol–water partition coefficient (Wildman–Crippen LogP) is 3.30. The fraction of sp³-hybridized carbons (Fsp3) is 0.235. The summed E-state index contributed by atoms with van der Waals surface area (Å²) in [4.78, 5) is 12.2. The number of hydrogen-bond donors (Lipinski definition) is 2. The lowest BCUT2D eigenvalue weighted by molar-refractivity contribution is 0.102. The number of benzene rings is 2. The normalized spacial score (nSPS) is 11.3. The SMILES string of the molecule is CCCCNS(=O)(=O)c1cccc(C(=O)Nc2cc(F)cc(F)c2)c1. The molecule has 0 aliphatic heterocycles. The zero-order valence-electron chi connectivity index (χ0n) is 13.6. The molecular formula is C17H18F2N2O3S. The monoisotopic (exact) mass is 368 g/mol. The zero-order chi connectivity index (χ0) is 18.4. The lowest BCUT2D eigenvalue weighted by Gasteiger charge is -2.09. The maximum Gasteiger partial charge on any atom is 0.255 e. The van der Waals surface area contributed by atoms with E-state index in [4.69, 9.17) is 0 Å². The third kappa shape index (κ3) is 5.33. The molecule has 0 aromatic heterocycles. The number of nitrogens with one attached hydrogen (secondary N) is 2. The Morgan fingerprint density at radius 3 is 2.40 bits per heavy atom. The first-order chi connectivity index (χ1) is 11.8. The van der Waals surface area contributed by atoms with Gasteiger partial charge in [-0.05, 0) is 36.8 Å². The maximum atomic E-state index is 13.2. The average Bonchev–Trinajstić information content (AvgIpc) is 2.54. The Bertz CT molecular complexity index is 850. The molecule has 0 bridgehead atoms. The van der Waals surface area contributed by atoms with Crippen LogP contribution >= 0.6 is 0 Å². The molecule has 0 fully saturated rings. The number of anilines is 1. The summed E-state index contributed by atoms with van der Waals surface area (Å²) in [5, 5.41) is 2.34. The predicted molar refractivity (Wildman–Crippen MR) is 90.8 cm³/mol. The van der Waals surface area contributed by atoms with Crippen molar-refractivity contribution in [3.8, 4) is 0 Å². The van der Waals surface area contributed by atoms with Crippen molar-refractivity contribution >= 4 is 21.6 Å². The van der Waals surface area contributed by atoms with Gasteiger partial charge in [0.15, 0.2) is 0 Å². The summed E-state index contributed by atoms with van der Waals surface area (Å²) in [6.07, 6.45) is 1.54. The Morgan fingerprint density at radius 2 is 1.76 bits per heavy atom. The number of rotatable bonds is 7. The van der Waals surface area contributed by atoms with Gasteiger partial charge in [-0.3, -0.25) is 4.79 Å². The topological polar surface area (TPSA) is 75.3 Å². The van der Waals surface area contributed by atoms with Gasteiger partial charge in [0, 0.05) is 23.9 Å². The van der Waals surface area contributed by atoms with Crippen LogP contribution in [0.4, 0.5) is 14.5 Å². The molecule has 0 spiro atoms. The highest BCUT2D eigenvalue weighted by molar-refractivity contribution is 7.89. The fourth-order valence-corrected chi connectivity index (χ4v) is 3.22. The molecule has 0 aliphatic carbocycles. The van der Waals surface area contributed by atoms with Gasteiger partial charge in [-0.2, -0.15) is 0 Å². The van der Waals surface area contributed by atoms with Crippen molar-refractivity contribution < 1.29 is 22.0 Å². The van der Waals surface area contributed by atoms with Gasteiger partial charge < -0.3 is 5.32 Å². The van der Waals surface area contributed by atoms with Gasteiger partial charge in [0.2, 0.25) is 10.0 Å². The second-order valence-corrected chi connectivity index (χ2v) is 7.16. The second-order valence-electron chi connectivity index (χ2n) is 5.39. The van der Waals surface area contributed by atoms with Crippen LogP contribution in [0.3, 0.4) is 0 Å². The number of carbonyl (C=O) groups is 1. The summed E-state index contributed by atoms with van der Waals surface area (Å²) in [6.45, 7) is 2.24. The summed E-state index contributed by atoms with van der Waals surface area (Å²) in [6, 6.07) is 8.03. The van der Waals surface area contributed by atoms with Crippen LogP contribution in [0.5, 0.6) is 0 Å². The molecule has 0 atom stereocenters. The number of sulfonamides is 1. The van der Waals surface area contributed by atoms with Gasteiger partial charge in [0.05, 0.1) is 4.90 Å². The van der Waals surface area contributed by atoms with Crippen LogP contribution < -0.4 is 10.0 Å². The summed E-state index contributed by atoms with van der Waals surface area (Å²) < 4.78 is 53.2. The standard InChI is InChI=1S/C17H18F2N2O3S/c1-2-3-7-20-25(23,24)16-6-4-5-12(8-16)17(22)21-15-10-13(18)9-14(19)11-15/h4-6,8-11,20H,2-3,7H2,1H3,(H,21,22). The molecule has 134 valence electrons. The van der Waals surface area contributed by atoms with E-state index in [1.54, 1.807) is 0 Å². The van der Waals surface area contributed by atoms with E-state index in [1.165, 1.54) is 24.3 Å². The molecule has 0 aliphatic rings. The smallest absolute Gasteiger partial charge is 0.255 e. The molecule has 25 heavy (non-hydrogen) atoms. The molecule has 1 amide bonds. The van der Waals surface area contributed by atoms with Crippen LogP contribution in [-0.2, 0) is 10.0 Å². The average molecular weight is 368 g/mol. The minimum atomic E-state index is -3.72. The molecule has 2 N–H and O–H groups in total. The fourth-order valence-electron chi connectivity index (χ4n) is 2.10. The third-order valence-electron chi connectivity index (χ3n) is 3.35. The van der Waals surface area contributed by atoms with Gasteiger partial charge in [-0.15, -0.1) is 0 Å². The van der Waals surface area contributed by atoms with E-state index in [0.717, 1.165) is 18.6 Å². The van der Waals surface area contributed by atoms with E-state index in [1.807, 2.05) is 6.92 Å². The highest BCUT2D eigenvalue weighted by atomic mass is 32.2. The van der Waals surface area contributed by atoms with E-state index in [0.29, 0.717) is 19.0 Å². The van der Waals surface area contributed by atoms with Crippen molar-refractivity contribution in [3.63, 3.8) is 0 Å². The molecule has 0 saturated heterocycles. The van der Waals surface area contributed by atoms with Crippen molar-refractivity contribution in [2.75, 3.05) is 11.9 Å². The summed E-state index contributed by atoms with van der Waals surface area (Å²) in [7, 11) is -3.72. The molecule has 2 aromatic rings. The van der Waals surface area contributed by atoms with E-state index in [2.05, 4.69) is 10.0 Å². The molecule has 0 radical (unpaired) electrons. The van der Waals surface area contributed by atoms with Crippen LogP contribution in [0.25, 0.3) is 0 Å². The van der Waals surface area contributed by atoms with Crippen LogP contribution in [0.2, 0.25) is 0 Å². The van der Waals surface area contributed by atoms with Crippen molar-refractivity contribution in [2.45, 2.75) is 24.7 Å². The van der Waals surface area contributed by atoms with Gasteiger partial charge in [0.25, 0.3) is 5.91 Å². The Hall–Kier alpha value is -2.32. The first-order valence-corrected chi connectivity index (χ1v) is 9.17. The molecule has 5 nitrogen and oxygen atoms in total. The summed E-state index contributed by atoms with van der Waals surface area (Å²) >= 11 is 0. The second kappa shape index (κ2) is 8.17. The Labute approximate surface area is 145 Å². The summed E-state index contributed by atoms with van der Waals surface area (Å²) in [5.41, 5.74) is -0.000123. The van der Waals surface area contributed by atoms with Gasteiger partial charge >= 0.3 is 0 Å². The molecule has 0 unspecified atom stereocenters. The van der Waals surface area contributed by atoms with Crippen LogP contribution in [-0.4, -0.2) is 20.9 Å². The maximum absolute atomic E-state index is 13.2. The number of unbranched alkanes of at least 4 members (excludes halogenated alkanes) is 1. The van der Waals surface area contributed by atoms with E-state index in [9.17, 15) is 22.0 Å². The lowest BCUT2D eigenvalue weighted by Crippen LogP contribution is -2.25. The number of hydrogen-bond acceptors (Lipinski definition) is 3. The Kier molecular flexibility index (Phi) is 6.22.